The zero-order valence-corrected chi connectivity index (χ0v) is 11.6. The van der Waals surface area contributed by atoms with Crippen LogP contribution in [-0.2, 0) is 9.63 Å². The van der Waals surface area contributed by atoms with Gasteiger partial charge in [0.25, 0.3) is 5.09 Å². The van der Waals surface area contributed by atoms with Crippen LogP contribution < -0.4 is 0 Å². The van der Waals surface area contributed by atoms with E-state index in [2.05, 4.69) is 16.7 Å². The smallest absolute Gasteiger partial charge is 0.294 e. The molecule has 1 aliphatic rings. The van der Waals surface area contributed by atoms with Crippen LogP contribution in [0.25, 0.3) is 0 Å². The minimum absolute atomic E-state index is 0.0939. The highest BCUT2D eigenvalue weighted by Gasteiger charge is 2.34. The molecule has 1 fully saturated rings. The van der Waals surface area contributed by atoms with Gasteiger partial charge in [0.2, 0.25) is 5.91 Å². The Morgan fingerprint density at radius 3 is 2.42 bits per heavy atom. The van der Waals surface area contributed by atoms with Crippen molar-refractivity contribution in [1.29, 1.82) is 0 Å². The SMILES string of the molecule is [CH2]CCN1CCN(C(=O)C(C)(C)CO[N+](=O)[O-])CC1. The Bertz CT molecular complexity index is 325. The van der Waals surface area contributed by atoms with Gasteiger partial charge in [0.15, 0.2) is 0 Å². The second-order valence-corrected chi connectivity index (χ2v) is 5.37. The first kappa shape index (κ1) is 15.7. The molecule has 1 rings (SSSR count). The van der Waals surface area contributed by atoms with Crippen molar-refractivity contribution in [3.8, 4) is 0 Å². The number of carbonyl (C=O) groups excluding carboxylic acids is 1. The van der Waals surface area contributed by atoms with Crippen LogP contribution in [0.2, 0.25) is 0 Å². The fraction of sp³-hybridized carbons (Fsp3) is 0.833. The van der Waals surface area contributed by atoms with Crippen molar-refractivity contribution in [2.24, 2.45) is 5.41 Å². The summed E-state index contributed by atoms with van der Waals surface area (Å²) in [5.74, 6) is -0.0939. The van der Waals surface area contributed by atoms with Crippen molar-refractivity contribution in [3.05, 3.63) is 17.0 Å². The average Bonchev–Trinajstić information content (AvgIpc) is 2.37. The summed E-state index contributed by atoms with van der Waals surface area (Å²) in [6.45, 7) is 10.8. The second-order valence-electron chi connectivity index (χ2n) is 5.37. The first-order chi connectivity index (χ1) is 8.86. The molecule has 0 spiro atoms. The topological polar surface area (TPSA) is 75.9 Å². The quantitative estimate of drug-likeness (QED) is 0.522. The van der Waals surface area contributed by atoms with Gasteiger partial charge in [0.1, 0.15) is 6.61 Å². The van der Waals surface area contributed by atoms with Crippen molar-refractivity contribution >= 4 is 5.91 Å². The Labute approximate surface area is 113 Å². The molecule has 1 aliphatic heterocycles. The summed E-state index contributed by atoms with van der Waals surface area (Å²) in [7, 11) is 0. The molecule has 0 aromatic heterocycles. The highest BCUT2D eigenvalue weighted by Crippen LogP contribution is 2.20. The summed E-state index contributed by atoms with van der Waals surface area (Å²) >= 11 is 0. The molecule has 7 heteroatoms. The van der Waals surface area contributed by atoms with Crippen molar-refractivity contribution in [2.75, 3.05) is 39.3 Å². The van der Waals surface area contributed by atoms with Crippen molar-refractivity contribution < 1.29 is 14.7 Å². The molecule has 0 bridgehead atoms. The van der Waals surface area contributed by atoms with Gasteiger partial charge in [-0.15, -0.1) is 10.1 Å². The maximum Gasteiger partial charge on any atom is 0.294 e. The highest BCUT2D eigenvalue weighted by atomic mass is 16.9. The number of hydrogen-bond acceptors (Lipinski definition) is 5. The Morgan fingerprint density at radius 1 is 1.37 bits per heavy atom. The van der Waals surface area contributed by atoms with Crippen molar-refractivity contribution in [2.45, 2.75) is 20.3 Å². The van der Waals surface area contributed by atoms with Crippen LogP contribution in [-0.4, -0.2) is 60.1 Å². The third kappa shape index (κ3) is 4.66. The van der Waals surface area contributed by atoms with E-state index < -0.39 is 10.5 Å². The molecule has 19 heavy (non-hydrogen) atoms. The summed E-state index contributed by atoms with van der Waals surface area (Å²) < 4.78 is 0. The number of rotatable bonds is 6. The third-order valence-corrected chi connectivity index (χ3v) is 3.24. The van der Waals surface area contributed by atoms with Crippen LogP contribution in [0.4, 0.5) is 0 Å². The summed E-state index contributed by atoms with van der Waals surface area (Å²) in [6.07, 6.45) is 0.857. The number of amides is 1. The van der Waals surface area contributed by atoms with Crippen LogP contribution in [0, 0.1) is 22.5 Å². The molecule has 0 unspecified atom stereocenters. The van der Waals surface area contributed by atoms with Gasteiger partial charge in [0, 0.05) is 26.2 Å². The Morgan fingerprint density at radius 2 is 1.95 bits per heavy atom. The fourth-order valence-corrected chi connectivity index (χ4v) is 2.10. The van der Waals surface area contributed by atoms with E-state index in [9.17, 15) is 14.9 Å². The lowest BCUT2D eigenvalue weighted by molar-refractivity contribution is -0.760. The Hall–Kier alpha value is -1.37. The zero-order chi connectivity index (χ0) is 14.5. The van der Waals surface area contributed by atoms with Crippen LogP contribution in [0.1, 0.15) is 20.3 Å². The molecule has 1 amide bonds. The van der Waals surface area contributed by atoms with Gasteiger partial charge >= 0.3 is 0 Å². The third-order valence-electron chi connectivity index (χ3n) is 3.24. The molecule has 0 saturated carbocycles. The number of hydrogen-bond donors (Lipinski definition) is 0. The van der Waals surface area contributed by atoms with Gasteiger partial charge in [-0.3, -0.25) is 9.69 Å². The van der Waals surface area contributed by atoms with Gasteiger partial charge in [-0.1, -0.05) is 6.92 Å². The zero-order valence-electron chi connectivity index (χ0n) is 11.6. The van der Waals surface area contributed by atoms with E-state index in [1.54, 1.807) is 18.7 Å². The minimum Gasteiger partial charge on any atom is -0.340 e. The van der Waals surface area contributed by atoms with E-state index in [1.807, 2.05) is 0 Å². The van der Waals surface area contributed by atoms with E-state index in [1.165, 1.54) is 0 Å². The fourth-order valence-electron chi connectivity index (χ4n) is 2.10. The first-order valence-electron chi connectivity index (χ1n) is 6.45. The Balaban J connectivity index is 2.47. The van der Waals surface area contributed by atoms with Crippen LogP contribution >= 0.6 is 0 Å². The lowest BCUT2D eigenvalue weighted by atomic mass is 9.92. The molecule has 1 saturated heterocycles. The van der Waals surface area contributed by atoms with Crippen LogP contribution in [0.5, 0.6) is 0 Å². The molecule has 0 atom stereocenters. The molecule has 0 aromatic carbocycles. The van der Waals surface area contributed by atoms with E-state index in [0.717, 1.165) is 26.1 Å². The molecular formula is C12H22N3O4. The first-order valence-corrected chi connectivity index (χ1v) is 6.45. The summed E-state index contributed by atoms with van der Waals surface area (Å²) in [5.41, 5.74) is -0.873. The summed E-state index contributed by atoms with van der Waals surface area (Å²) in [5, 5.41) is 9.35. The normalized spacial score (nSPS) is 17.3. The van der Waals surface area contributed by atoms with Gasteiger partial charge in [-0.2, -0.15) is 0 Å². The van der Waals surface area contributed by atoms with Crippen molar-refractivity contribution in [3.63, 3.8) is 0 Å². The monoisotopic (exact) mass is 272 g/mol. The number of piperazine rings is 1. The lowest BCUT2D eigenvalue weighted by Gasteiger charge is -2.38. The molecule has 0 N–H and O–H groups in total. The minimum atomic E-state index is -0.873. The standard InChI is InChI=1S/C12H22N3O4/c1-4-5-13-6-8-14(9-7-13)11(16)12(2,3)10-19-15(17)18/h1,4-10H2,2-3H3. The maximum atomic E-state index is 12.3. The summed E-state index contributed by atoms with van der Waals surface area (Å²) in [6, 6.07) is 0. The van der Waals surface area contributed by atoms with E-state index in [0.29, 0.717) is 13.1 Å². The molecule has 1 radical (unpaired) electrons. The largest absolute Gasteiger partial charge is 0.340 e. The van der Waals surface area contributed by atoms with E-state index in [-0.39, 0.29) is 12.5 Å². The maximum absolute atomic E-state index is 12.3. The predicted molar refractivity (Wildman–Crippen MR) is 69.7 cm³/mol. The van der Waals surface area contributed by atoms with Gasteiger partial charge in [0.05, 0.1) is 5.41 Å². The van der Waals surface area contributed by atoms with Crippen LogP contribution in [0.3, 0.4) is 0 Å². The lowest BCUT2D eigenvalue weighted by Crippen LogP contribution is -2.53. The molecule has 0 aliphatic carbocycles. The number of carbonyl (C=O) groups is 1. The number of nitrogens with zero attached hydrogens (tertiary/aromatic N) is 3. The summed E-state index contributed by atoms with van der Waals surface area (Å²) in [4.78, 5) is 30.8. The highest BCUT2D eigenvalue weighted by molar-refractivity contribution is 5.82. The van der Waals surface area contributed by atoms with Crippen molar-refractivity contribution in [1.82, 2.24) is 9.80 Å². The van der Waals surface area contributed by atoms with E-state index >= 15 is 0 Å². The van der Waals surface area contributed by atoms with Gasteiger partial charge in [-0.25, -0.2) is 0 Å². The van der Waals surface area contributed by atoms with Gasteiger partial charge in [-0.05, 0) is 26.8 Å². The molecule has 109 valence electrons. The van der Waals surface area contributed by atoms with Gasteiger partial charge < -0.3 is 9.74 Å². The average molecular weight is 272 g/mol. The molecule has 0 aromatic rings. The van der Waals surface area contributed by atoms with E-state index in [4.69, 9.17) is 0 Å². The molecular weight excluding hydrogens is 250 g/mol. The second kappa shape index (κ2) is 6.70. The molecule has 1 heterocycles. The Kier molecular flexibility index (Phi) is 5.53. The molecule has 7 nitrogen and oxygen atoms in total. The predicted octanol–water partition coefficient (Wildman–Crippen LogP) is 0.589. The van der Waals surface area contributed by atoms with Crippen LogP contribution in [0.15, 0.2) is 0 Å².